The van der Waals surface area contributed by atoms with E-state index in [1.54, 1.807) is 25.1 Å². The van der Waals surface area contributed by atoms with Gasteiger partial charge in [0.1, 0.15) is 6.54 Å². The molecule has 10 heteroatoms. The van der Waals surface area contributed by atoms with E-state index in [1.165, 1.54) is 33.5 Å². The van der Waals surface area contributed by atoms with E-state index in [0.29, 0.717) is 5.69 Å². The van der Waals surface area contributed by atoms with Gasteiger partial charge in [0.25, 0.3) is 10.0 Å². The zero-order valence-electron chi connectivity index (χ0n) is 18.6. The van der Waals surface area contributed by atoms with Crippen LogP contribution in [0, 0.1) is 0 Å². The molecule has 9 nitrogen and oxygen atoms in total. The van der Waals surface area contributed by atoms with Gasteiger partial charge in [0, 0.05) is 36.3 Å². The van der Waals surface area contributed by atoms with E-state index in [1.807, 2.05) is 23.9 Å². The summed E-state index contributed by atoms with van der Waals surface area (Å²) in [5, 5.41) is 0.832. The number of methoxy groups -OCH3 is 3. The van der Waals surface area contributed by atoms with Gasteiger partial charge in [-0.05, 0) is 31.2 Å². The highest BCUT2D eigenvalue weighted by Crippen LogP contribution is 2.40. The van der Waals surface area contributed by atoms with Crippen molar-refractivity contribution in [1.82, 2.24) is 4.57 Å². The number of aromatic nitrogens is 1. The molecule has 0 saturated heterocycles. The predicted molar refractivity (Wildman–Crippen MR) is 120 cm³/mol. The topological polar surface area (TPSA) is 96.3 Å². The molecule has 172 valence electrons. The quantitative estimate of drug-likeness (QED) is 0.451. The number of carbonyl (C=O) groups excluding carboxylic acids is 1. The minimum Gasteiger partial charge on any atom is -0.493 e. The van der Waals surface area contributed by atoms with Crippen LogP contribution in [0.3, 0.4) is 0 Å². The third-order valence-electron chi connectivity index (χ3n) is 4.96. The Morgan fingerprint density at radius 3 is 2.22 bits per heavy atom. The first-order chi connectivity index (χ1) is 15.3. The van der Waals surface area contributed by atoms with Gasteiger partial charge in [-0.15, -0.1) is 0 Å². The van der Waals surface area contributed by atoms with E-state index in [0.717, 1.165) is 15.2 Å². The summed E-state index contributed by atoms with van der Waals surface area (Å²) in [5.41, 5.74) is 1.25. The fourth-order valence-corrected chi connectivity index (χ4v) is 4.83. The van der Waals surface area contributed by atoms with E-state index < -0.39 is 22.5 Å². The average Bonchev–Trinajstić information content (AvgIpc) is 3.16. The Hall–Kier alpha value is -3.40. The van der Waals surface area contributed by atoms with Gasteiger partial charge < -0.3 is 23.5 Å². The molecule has 3 rings (SSSR count). The maximum atomic E-state index is 13.7. The molecule has 0 aliphatic rings. The van der Waals surface area contributed by atoms with Gasteiger partial charge in [0.15, 0.2) is 11.5 Å². The van der Waals surface area contributed by atoms with E-state index in [-0.39, 0.29) is 28.8 Å². The number of ether oxygens (including phenoxy) is 4. The second-order valence-corrected chi connectivity index (χ2v) is 8.71. The Morgan fingerprint density at radius 1 is 1.00 bits per heavy atom. The van der Waals surface area contributed by atoms with Gasteiger partial charge in [0.2, 0.25) is 5.75 Å². The van der Waals surface area contributed by atoms with Crippen molar-refractivity contribution in [2.24, 2.45) is 7.05 Å². The minimum atomic E-state index is -4.21. The highest BCUT2D eigenvalue weighted by Gasteiger charge is 2.30. The number of sulfonamides is 1. The fourth-order valence-electron chi connectivity index (χ4n) is 3.40. The first-order valence-electron chi connectivity index (χ1n) is 9.80. The van der Waals surface area contributed by atoms with Crippen LogP contribution < -0.4 is 18.5 Å². The summed E-state index contributed by atoms with van der Waals surface area (Å²) in [5.74, 6) is -0.0479. The molecular formula is C22H26N2O7S. The maximum absolute atomic E-state index is 13.7. The van der Waals surface area contributed by atoms with Crippen LogP contribution in [0.4, 0.5) is 5.69 Å². The summed E-state index contributed by atoms with van der Waals surface area (Å²) in [4.78, 5) is 12.2. The second-order valence-electron chi connectivity index (χ2n) is 6.85. The van der Waals surface area contributed by atoms with Crippen LogP contribution >= 0.6 is 0 Å². The van der Waals surface area contributed by atoms with Crippen molar-refractivity contribution in [3.8, 4) is 17.2 Å². The smallest absolute Gasteiger partial charge is 0.326 e. The number of hydrogen-bond acceptors (Lipinski definition) is 7. The zero-order chi connectivity index (χ0) is 23.5. The Bertz CT molecular complexity index is 1210. The summed E-state index contributed by atoms with van der Waals surface area (Å²) < 4.78 is 51.3. The number of rotatable bonds is 9. The van der Waals surface area contributed by atoms with Crippen molar-refractivity contribution in [3.63, 3.8) is 0 Å². The number of nitrogens with zero attached hydrogens (tertiary/aromatic N) is 2. The lowest BCUT2D eigenvalue weighted by atomic mass is 10.2. The lowest BCUT2D eigenvalue weighted by Crippen LogP contribution is -2.36. The van der Waals surface area contributed by atoms with Gasteiger partial charge >= 0.3 is 5.97 Å². The molecule has 1 aromatic heterocycles. The van der Waals surface area contributed by atoms with E-state index in [4.69, 9.17) is 18.9 Å². The van der Waals surface area contributed by atoms with Crippen molar-refractivity contribution in [2.75, 3.05) is 38.8 Å². The number of fused-ring (bicyclic) bond motifs is 1. The van der Waals surface area contributed by atoms with Gasteiger partial charge in [0.05, 0.1) is 38.5 Å². The van der Waals surface area contributed by atoms with Crippen molar-refractivity contribution in [3.05, 3.63) is 42.6 Å². The lowest BCUT2D eigenvalue weighted by molar-refractivity contribution is -0.141. The van der Waals surface area contributed by atoms with Gasteiger partial charge in [-0.2, -0.15) is 0 Å². The number of hydrogen-bond donors (Lipinski definition) is 0. The lowest BCUT2D eigenvalue weighted by Gasteiger charge is -2.24. The molecule has 0 N–H and O–H groups in total. The van der Waals surface area contributed by atoms with Crippen LogP contribution in [0.15, 0.2) is 47.5 Å². The van der Waals surface area contributed by atoms with Crippen molar-refractivity contribution < 1.29 is 32.2 Å². The third-order valence-corrected chi connectivity index (χ3v) is 6.71. The van der Waals surface area contributed by atoms with Crippen molar-refractivity contribution in [2.45, 2.75) is 11.8 Å². The zero-order valence-corrected chi connectivity index (χ0v) is 19.4. The molecule has 32 heavy (non-hydrogen) atoms. The Labute approximate surface area is 187 Å². The highest BCUT2D eigenvalue weighted by molar-refractivity contribution is 7.92. The Kier molecular flexibility index (Phi) is 6.83. The molecule has 0 atom stereocenters. The summed E-state index contributed by atoms with van der Waals surface area (Å²) in [7, 11) is 1.90. The van der Waals surface area contributed by atoms with Crippen molar-refractivity contribution >= 4 is 32.6 Å². The minimum absolute atomic E-state index is 0.121. The number of esters is 1. The summed E-state index contributed by atoms with van der Waals surface area (Å²) >= 11 is 0. The first-order valence-corrected chi connectivity index (χ1v) is 11.2. The number of benzene rings is 2. The molecule has 0 saturated carbocycles. The van der Waals surface area contributed by atoms with E-state index in [9.17, 15) is 13.2 Å². The molecule has 3 aromatic rings. The second kappa shape index (κ2) is 9.39. The van der Waals surface area contributed by atoms with Gasteiger partial charge in [-0.3, -0.25) is 9.10 Å². The SMILES string of the molecule is CCOC(=O)CN(c1ccc2c(ccn2C)c1)S(=O)(=O)c1cc(OC)c(OC)c(OC)c1. The molecule has 0 amide bonds. The molecule has 1 heterocycles. The molecule has 0 spiro atoms. The highest BCUT2D eigenvalue weighted by atomic mass is 32.2. The molecule has 2 aromatic carbocycles. The predicted octanol–water partition coefficient (Wildman–Crippen LogP) is 2.96. The molecular weight excluding hydrogens is 436 g/mol. The average molecular weight is 463 g/mol. The van der Waals surface area contributed by atoms with Crippen LogP contribution in [0.25, 0.3) is 10.9 Å². The van der Waals surface area contributed by atoms with Crippen LogP contribution in [-0.4, -0.2) is 53.4 Å². The van der Waals surface area contributed by atoms with Gasteiger partial charge in [-0.25, -0.2) is 8.42 Å². The van der Waals surface area contributed by atoms with Crippen LogP contribution in [0.1, 0.15) is 6.92 Å². The maximum Gasteiger partial charge on any atom is 0.326 e. The molecule has 0 bridgehead atoms. The fraction of sp³-hybridized carbons (Fsp3) is 0.318. The first kappa shape index (κ1) is 23.3. The van der Waals surface area contributed by atoms with Crippen LogP contribution in [0.5, 0.6) is 17.2 Å². The molecule has 0 radical (unpaired) electrons. The third kappa shape index (κ3) is 4.31. The van der Waals surface area contributed by atoms with Gasteiger partial charge in [-0.1, -0.05) is 0 Å². The monoisotopic (exact) mass is 462 g/mol. The number of anilines is 1. The molecule has 0 unspecified atom stereocenters. The molecule has 0 aliphatic carbocycles. The Morgan fingerprint density at radius 2 is 1.66 bits per heavy atom. The standard InChI is InChI=1S/C22H26N2O7S/c1-6-31-21(25)14-24(16-7-8-18-15(11-16)9-10-23(18)2)32(26,27)17-12-19(28-3)22(30-5)20(13-17)29-4/h7-13H,6,14H2,1-5H3. The van der Waals surface area contributed by atoms with E-state index in [2.05, 4.69) is 0 Å². The molecule has 0 aliphatic heterocycles. The van der Waals surface area contributed by atoms with E-state index >= 15 is 0 Å². The number of carbonyl (C=O) groups is 1. The van der Waals surface area contributed by atoms with Crippen LogP contribution in [0.2, 0.25) is 0 Å². The summed E-state index contributed by atoms with van der Waals surface area (Å²) in [6.07, 6.45) is 1.87. The number of aryl methyl sites for hydroxylation is 1. The Balaban J connectivity index is 2.17. The molecule has 0 fully saturated rings. The van der Waals surface area contributed by atoms with Crippen molar-refractivity contribution in [1.29, 1.82) is 0 Å². The summed E-state index contributed by atoms with van der Waals surface area (Å²) in [6, 6.07) is 9.69. The largest absolute Gasteiger partial charge is 0.493 e. The normalized spacial score (nSPS) is 11.3. The van der Waals surface area contributed by atoms with Crippen LogP contribution in [-0.2, 0) is 26.6 Å². The summed E-state index contributed by atoms with van der Waals surface area (Å²) in [6.45, 7) is 1.30.